The van der Waals surface area contributed by atoms with Crippen LogP contribution in [0.15, 0.2) is 29.2 Å². The highest BCUT2D eigenvalue weighted by molar-refractivity contribution is 7.99. The molecule has 1 nitrogen and oxygen atoms in total. The first-order valence-corrected chi connectivity index (χ1v) is 6.31. The third-order valence-electron chi connectivity index (χ3n) is 2.23. The molecule has 1 unspecified atom stereocenters. The van der Waals surface area contributed by atoms with Crippen LogP contribution in [0.2, 0.25) is 0 Å². The van der Waals surface area contributed by atoms with Gasteiger partial charge in [-0.3, -0.25) is 0 Å². The summed E-state index contributed by atoms with van der Waals surface area (Å²) >= 11 is 0.589. The van der Waals surface area contributed by atoms with E-state index in [1.54, 1.807) is 12.1 Å². The summed E-state index contributed by atoms with van der Waals surface area (Å²) in [5.41, 5.74) is 0.800. The molecule has 90 valence electrons. The van der Waals surface area contributed by atoms with Gasteiger partial charge in [-0.2, -0.15) is 8.78 Å². The van der Waals surface area contributed by atoms with Crippen LogP contribution in [0.25, 0.3) is 0 Å². The predicted octanol–water partition coefficient (Wildman–Crippen LogP) is 4.60. The Morgan fingerprint density at radius 1 is 1.31 bits per heavy atom. The molecule has 0 amide bonds. The average molecular weight is 245 g/mol. The number of halogens is 2. The van der Waals surface area contributed by atoms with Crippen molar-refractivity contribution in [2.24, 2.45) is 0 Å². The normalized spacial score (nSPS) is 12.8. The van der Waals surface area contributed by atoms with Gasteiger partial charge in [0.15, 0.2) is 0 Å². The number of hydrogen-bond acceptors (Lipinski definition) is 2. The van der Waals surface area contributed by atoms with E-state index in [1.807, 2.05) is 12.1 Å². The topological polar surface area (TPSA) is 12.0 Å². The summed E-state index contributed by atoms with van der Waals surface area (Å²) in [6, 6.07) is 7.51. The number of alkyl halides is 2. The van der Waals surface area contributed by atoms with E-state index in [9.17, 15) is 8.78 Å². The van der Waals surface area contributed by atoms with Gasteiger partial charge in [0.25, 0.3) is 5.76 Å². The number of thioether (sulfide) groups is 1. The zero-order valence-corrected chi connectivity index (χ0v) is 10.4. The van der Waals surface area contributed by atoms with Crippen LogP contribution in [0, 0.1) is 0 Å². The van der Waals surface area contributed by atoms with Crippen molar-refractivity contribution in [2.75, 3.05) is 5.32 Å². The third-order valence-corrected chi connectivity index (χ3v) is 3.01. The largest absolute Gasteiger partial charge is 0.382 e. The van der Waals surface area contributed by atoms with E-state index in [1.165, 1.54) is 0 Å². The van der Waals surface area contributed by atoms with Crippen LogP contribution in [0.5, 0.6) is 0 Å². The van der Waals surface area contributed by atoms with Crippen molar-refractivity contribution >= 4 is 17.4 Å². The molecule has 0 aliphatic heterocycles. The quantitative estimate of drug-likeness (QED) is 0.735. The van der Waals surface area contributed by atoms with E-state index in [0.717, 1.165) is 18.5 Å². The Bertz CT molecular complexity index is 318. The zero-order valence-electron chi connectivity index (χ0n) is 9.54. The Morgan fingerprint density at radius 3 is 2.62 bits per heavy atom. The van der Waals surface area contributed by atoms with Crippen molar-refractivity contribution in [1.82, 2.24) is 0 Å². The van der Waals surface area contributed by atoms with Gasteiger partial charge >= 0.3 is 0 Å². The number of para-hydroxylation sites is 1. The van der Waals surface area contributed by atoms with E-state index in [-0.39, 0.29) is 0 Å². The van der Waals surface area contributed by atoms with Crippen LogP contribution in [-0.4, -0.2) is 11.8 Å². The first-order chi connectivity index (χ1) is 7.63. The maximum Gasteiger partial charge on any atom is 0.288 e. The van der Waals surface area contributed by atoms with Gasteiger partial charge in [0.1, 0.15) is 0 Å². The molecule has 0 aliphatic carbocycles. The van der Waals surface area contributed by atoms with E-state index in [4.69, 9.17) is 0 Å². The number of anilines is 1. The Balaban J connectivity index is 2.70. The molecule has 4 heteroatoms. The highest BCUT2D eigenvalue weighted by atomic mass is 32.2. The monoisotopic (exact) mass is 245 g/mol. The summed E-state index contributed by atoms with van der Waals surface area (Å²) < 4.78 is 24.6. The van der Waals surface area contributed by atoms with Gasteiger partial charge in [-0.15, -0.1) is 0 Å². The van der Waals surface area contributed by atoms with Crippen molar-refractivity contribution in [2.45, 2.75) is 43.4 Å². The smallest absolute Gasteiger partial charge is 0.288 e. The Hall–Kier alpha value is -0.770. The van der Waals surface area contributed by atoms with Crippen molar-refractivity contribution in [3.05, 3.63) is 24.3 Å². The summed E-state index contributed by atoms with van der Waals surface area (Å²) in [7, 11) is 0. The van der Waals surface area contributed by atoms with Gasteiger partial charge in [0.2, 0.25) is 0 Å². The molecular weight excluding hydrogens is 228 g/mol. The van der Waals surface area contributed by atoms with Crippen molar-refractivity contribution in [3.8, 4) is 0 Å². The number of hydrogen-bond donors (Lipinski definition) is 1. The lowest BCUT2D eigenvalue weighted by Gasteiger charge is -2.17. The number of benzene rings is 1. The fraction of sp³-hybridized carbons (Fsp3) is 0.500. The molecule has 1 aromatic carbocycles. The van der Waals surface area contributed by atoms with Gasteiger partial charge in [0, 0.05) is 16.6 Å². The Labute approximate surface area is 99.6 Å². The Kier molecular flexibility index (Phi) is 5.60. The fourth-order valence-electron chi connectivity index (χ4n) is 1.56. The van der Waals surface area contributed by atoms with Gasteiger partial charge in [-0.25, -0.2) is 0 Å². The summed E-state index contributed by atoms with van der Waals surface area (Å²) in [6.45, 7) is 4.17. The van der Waals surface area contributed by atoms with Gasteiger partial charge < -0.3 is 5.32 Å². The second-order valence-corrected chi connectivity index (χ2v) is 4.74. The molecule has 0 spiro atoms. The molecule has 0 saturated carbocycles. The fourth-order valence-corrected chi connectivity index (χ4v) is 2.16. The average Bonchev–Trinajstić information content (AvgIpc) is 2.20. The first-order valence-electron chi connectivity index (χ1n) is 5.43. The van der Waals surface area contributed by atoms with Crippen LogP contribution in [0.3, 0.4) is 0 Å². The van der Waals surface area contributed by atoms with Crippen molar-refractivity contribution in [1.29, 1.82) is 0 Å². The van der Waals surface area contributed by atoms with Crippen LogP contribution in [0.1, 0.15) is 26.7 Å². The highest BCUT2D eigenvalue weighted by Gasteiger charge is 2.10. The molecule has 0 radical (unpaired) electrons. The Morgan fingerprint density at radius 2 is 2.00 bits per heavy atom. The first kappa shape index (κ1) is 13.3. The van der Waals surface area contributed by atoms with E-state index >= 15 is 0 Å². The molecule has 0 heterocycles. The van der Waals surface area contributed by atoms with Crippen LogP contribution in [0.4, 0.5) is 14.5 Å². The molecular formula is C12H17F2NS. The van der Waals surface area contributed by atoms with E-state index in [0.29, 0.717) is 22.7 Å². The van der Waals surface area contributed by atoms with Crippen LogP contribution in [-0.2, 0) is 0 Å². The van der Waals surface area contributed by atoms with Crippen molar-refractivity contribution in [3.63, 3.8) is 0 Å². The van der Waals surface area contributed by atoms with Crippen LogP contribution < -0.4 is 5.32 Å². The number of rotatable bonds is 6. The molecule has 0 aliphatic rings. The molecule has 1 N–H and O–H groups in total. The maximum atomic E-state index is 12.3. The zero-order chi connectivity index (χ0) is 12.0. The van der Waals surface area contributed by atoms with E-state index < -0.39 is 5.76 Å². The summed E-state index contributed by atoms with van der Waals surface area (Å²) in [5.74, 6) is -2.37. The SMILES string of the molecule is CCCC(C)Nc1ccccc1SC(F)F. The molecule has 0 saturated heterocycles. The van der Waals surface area contributed by atoms with Gasteiger partial charge in [0.05, 0.1) is 0 Å². The molecule has 1 aromatic rings. The second kappa shape index (κ2) is 6.74. The summed E-state index contributed by atoms with van der Waals surface area (Å²) in [5, 5.41) is 3.26. The lowest BCUT2D eigenvalue weighted by molar-refractivity contribution is 0.252. The standard InChI is InChI=1S/C12H17F2NS/c1-3-6-9(2)15-10-7-4-5-8-11(10)16-12(13)14/h4-5,7-9,12,15H,3,6H2,1-2H3. The lowest BCUT2D eigenvalue weighted by Crippen LogP contribution is -2.15. The molecule has 0 bridgehead atoms. The lowest BCUT2D eigenvalue weighted by atomic mass is 10.2. The predicted molar refractivity (Wildman–Crippen MR) is 66.3 cm³/mol. The molecule has 1 rings (SSSR count). The highest BCUT2D eigenvalue weighted by Crippen LogP contribution is 2.32. The van der Waals surface area contributed by atoms with Crippen LogP contribution >= 0.6 is 11.8 Å². The maximum absolute atomic E-state index is 12.3. The third kappa shape index (κ3) is 4.39. The minimum absolute atomic E-state index is 0.310. The number of nitrogens with one attached hydrogen (secondary N) is 1. The molecule has 0 fully saturated rings. The molecule has 0 aromatic heterocycles. The molecule has 16 heavy (non-hydrogen) atoms. The minimum Gasteiger partial charge on any atom is -0.382 e. The molecule has 1 atom stereocenters. The second-order valence-electron chi connectivity index (χ2n) is 3.71. The van der Waals surface area contributed by atoms with Gasteiger partial charge in [-0.1, -0.05) is 37.2 Å². The van der Waals surface area contributed by atoms with Crippen molar-refractivity contribution < 1.29 is 8.78 Å². The summed E-state index contributed by atoms with van der Waals surface area (Å²) in [6.07, 6.45) is 2.12. The summed E-state index contributed by atoms with van der Waals surface area (Å²) in [4.78, 5) is 0.612. The minimum atomic E-state index is -2.37. The van der Waals surface area contributed by atoms with Gasteiger partial charge in [-0.05, 0) is 25.5 Å². The van der Waals surface area contributed by atoms with E-state index in [2.05, 4.69) is 19.2 Å².